The summed E-state index contributed by atoms with van der Waals surface area (Å²) in [5.41, 5.74) is 0.993. The second-order valence-electron chi connectivity index (χ2n) is 4.60. The number of para-hydroxylation sites is 1. The first kappa shape index (κ1) is 14.1. The second-order valence-corrected chi connectivity index (χ2v) is 6.86. The van der Waals surface area contributed by atoms with E-state index in [9.17, 15) is 8.42 Å². The van der Waals surface area contributed by atoms with Crippen molar-refractivity contribution in [3.05, 3.63) is 23.8 Å². The van der Waals surface area contributed by atoms with Gasteiger partial charge in [-0.2, -0.15) is 0 Å². The van der Waals surface area contributed by atoms with Crippen molar-refractivity contribution in [2.75, 3.05) is 31.8 Å². The number of benzene rings is 1. The highest BCUT2D eigenvalue weighted by Gasteiger charge is 2.14. The minimum absolute atomic E-state index is 0.138. The molecule has 0 aliphatic carbocycles. The van der Waals surface area contributed by atoms with Gasteiger partial charge in [0.25, 0.3) is 0 Å². The number of ether oxygens (including phenoxy) is 2. The monoisotopic (exact) mass is 285 g/mol. The van der Waals surface area contributed by atoms with E-state index in [2.05, 4.69) is 5.32 Å². The minimum atomic E-state index is -2.92. The van der Waals surface area contributed by atoms with Crippen molar-refractivity contribution in [2.45, 2.75) is 13.0 Å². The molecule has 6 heteroatoms. The van der Waals surface area contributed by atoms with Crippen LogP contribution in [0.15, 0.2) is 18.2 Å². The third kappa shape index (κ3) is 4.40. The number of rotatable bonds is 5. The summed E-state index contributed by atoms with van der Waals surface area (Å²) in [5, 5.41) is 3.11. The summed E-state index contributed by atoms with van der Waals surface area (Å²) in [5.74, 6) is 1.67. The molecule has 1 N–H and O–H groups in total. The predicted molar refractivity (Wildman–Crippen MR) is 73.5 cm³/mol. The maximum absolute atomic E-state index is 11.0. The maximum atomic E-state index is 11.0. The molecule has 0 radical (unpaired) electrons. The molecule has 1 aromatic carbocycles. The van der Waals surface area contributed by atoms with Crippen LogP contribution in [0.2, 0.25) is 0 Å². The predicted octanol–water partition coefficient (Wildman–Crippen LogP) is 0.982. The molecule has 0 saturated heterocycles. The lowest BCUT2D eigenvalue weighted by atomic mass is 10.2. The van der Waals surface area contributed by atoms with Crippen molar-refractivity contribution in [1.29, 1.82) is 0 Å². The zero-order valence-corrected chi connectivity index (χ0v) is 11.8. The fraction of sp³-hybridized carbons (Fsp3) is 0.538. The van der Waals surface area contributed by atoms with Crippen LogP contribution in [0.1, 0.15) is 12.0 Å². The Bertz CT molecular complexity index is 527. The van der Waals surface area contributed by atoms with Gasteiger partial charge in [-0.3, -0.25) is 0 Å². The van der Waals surface area contributed by atoms with Crippen molar-refractivity contribution in [2.24, 2.45) is 0 Å². The van der Waals surface area contributed by atoms with Gasteiger partial charge in [-0.25, -0.2) is 8.42 Å². The molecule has 1 aliphatic rings. The van der Waals surface area contributed by atoms with Gasteiger partial charge in [0.1, 0.15) is 9.84 Å². The zero-order valence-electron chi connectivity index (χ0n) is 11.0. The lowest BCUT2D eigenvalue weighted by Gasteiger charge is -2.12. The van der Waals surface area contributed by atoms with Gasteiger partial charge in [-0.1, -0.05) is 12.1 Å². The Kier molecular flexibility index (Phi) is 4.66. The average Bonchev–Trinajstić information content (AvgIpc) is 2.59. The number of hydrogen-bond donors (Lipinski definition) is 1. The van der Waals surface area contributed by atoms with E-state index >= 15 is 0 Å². The van der Waals surface area contributed by atoms with Crippen LogP contribution in [-0.2, 0) is 16.4 Å². The van der Waals surface area contributed by atoms with Crippen molar-refractivity contribution >= 4 is 9.84 Å². The highest BCUT2D eigenvalue weighted by atomic mass is 32.2. The fourth-order valence-corrected chi connectivity index (χ4v) is 2.39. The van der Waals surface area contributed by atoms with Crippen molar-refractivity contribution in [1.82, 2.24) is 5.32 Å². The molecule has 0 amide bonds. The van der Waals surface area contributed by atoms with E-state index in [4.69, 9.17) is 9.47 Å². The lowest BCUT2D eigenvalue weighted by molar-refractivity contribution is 0.296. The molecule has 0 aromatic heterocycles. The standard InChI is InChI=1S/C13H19NO4S/c1-19(15,16)9-6-14-10-11-4-2-5-12-13(11)18-8-3-7-17-12/h2,4-5,14H,3,6-10H2,1H3. The van der Waals surface area contributed by atoms with E-state index in [0.29, 0.717) is 26.3 Å². The normalized spacial score (nSPS) is 15.0. The third-order valence-electron chi connectivity index (χ3n) is 2.82. The van der Waals surface area contributed by atoms with Gasteiger partial charge in [0, 0.05) is 31.3 Å². The molecular weight excluding hydrogens is 266 g/mol. The van der Waals surface area contributed by atoms with E-state index in [1.54, 1.807) is 0 Å². The highest BCUT2D eigenvalue weighted by molar-refractivity contribution is 7.90. The number of sulfone groups is 1. The quantitative estimate of drug-likeness (QED) is 0.817. The Labute approximate surface area is 113 Å². The largest absolute Gasteiger partial charge is 0.490 e. The second kappa shape index (κ2) is 6.25. The van der Waals surface area contributed by atoms with Gasteiger partial charge in [0.05, 0.1) is 19.0 Å². The molecule has 0 unspecified atom stereocenters. The molecule has 1 heterocycles. The Morgan fingerprint density at radius 1 is 1.26 bits per heavy atom. The molecule has 1 aromatic rings. The van der Waals surface area contributed by atoms with Gasteiger partial charge >= 0.3 is 0 Å². The van der Waals surface area contributed by atoms with Crippen molar-refractivity contribution < 1.29 is 17.9 Å². The summed E-state index contributed by atoms with van der Waals surface area (Å²) < 4.78 is 33.4. The SMILES string of the molecule is CS(=O)(=O)CCNCc1cccc2c1OCCCO2. The van der Waals surface area contributed by atoms with Gasteiger partial charge in [0.2, 0.25) is 0 Å². The molecule has 19 heavy (non-hydrogen) atoms. The first-order chi connectivity index (χ1) is 9.06. The Morgan fingerprint density at radius 3 is 2.84 bits per heavy atom. The van der Waals surface area contributed by atoms with E-state index in [0.717, 1.165) is 23.5 Å². The van der Waals surface area contributed by atoms with Crippen molar-refractivity contribution in [3.8, 4) is 11.5 Å². The molecule has 0 fully saturated rings. The van der Waals surface area contributed by atoms with Crippen LogP contribution in [0.5, 0.6) is 11.5 Å². The molecule has 5 nitrogen and oxygen atoms in total. The fourth-order valence-electron chi connectivity index (χ4n) is 1.87. The number of nitrogens with one attached hydrogen (secondary N) is 1. The van der Waals surface area contributed by atoms with E-state index in [-0.39, 0.29) is 5.75 Å². The van der Waals surface area contributed by atoms with Crippen molar-refractivity contribution in [3.63, 3.8) is 0 Å². The van der Waals surface area contributed by atoms with Gasteiger partial charge in [-0.05, 0) is 6.07 Å². The smallest absolute Gasteiger partial charge is 0.165 e. The van der Waals surface area contributed by atoms with Crippen LogP contribution in [0.3, 0.4) is 0 Å². The molecular formula is C13H19NO4S. The summed E-state index contributed by atoms with van der Waals surface area (Å²) in [4.78, 5) is 0. The zero-order chi connectivity index (χ0) is 13.7. The summed E-state index contributed by atoms with van der Waals surface area (Å²) in [6.07, 6.45) is 2.11. The van der Waals surface area contributed by atoms with Crippen LogP contribution < -0.4 is 14.8 Å². The number of hydrogen-bond acceptors (Lipinski definition) is 5. The van der Waals surface area contributed by atoms with Crippen LogP contribution in [0, 0.1) is 0 Å². The first-order valence-corrected chi connectivity index (χ1v) is 8.38. The van der Waals surface area contributed by atoms with Gasteiger partial charge in [0.15, 0.2) is 11.5 Å². The Morgan fingerprint density at radius 2 is 2.05 bits per heavy atom. The molecule has 0 saturated carbocycles. The van der Waals surface area contributed by atoms with E-state index in [1.807, 2.05) is 18.2 Å². The van der Waals surface area contributed by atoms with Crippen LogP contribution in [0.4, 0.5) is 0 Å². The van der Waals surface area contributed by atoms with E-state index < -0.39 is 9.84 Å². The molecule has 1 aliphatic heterocycles. The summed E-state index contributed by atoms with van der Waals surface area (Å²) in [6, 6.07) is 5.77. The average molecular weight is 285 g/mol. The summed E-state index contributed by atoms with van der Waals surface area (Å²) in [7, 11) is -2.92. The Balaban J connectivity index is 1.97. The first-order valence-electron chi connectivity index (χ1n) is 6.32. The number of fused-ring (bicyclic) bond motifs is 1. The molecule has 0 bridgehead atoms. The lowest BCUT2D eigenvalue weighted by Crippen LogP contribution is -2.22. The van der Waals surface area contributed by atoms with Gasteiger partial charge < -0.3 is 14.8 Å². The van der Waals surface area contributed by atoms with Crippen LogP contribution >= 0.6 is 0 Å². The minimum Gasteiger partial charge on any atom is -0.490 e. The topological polar surface area (TPSA) is 64.6 Å². The van der Waals surface area contributed by atoms with Crippen LogP contribution in [-0.4, -0.2) is 40.2 Å². The Hall–Kier alpha value is -1.27. The summed E-state index contributed by atoms with van der Waals surface area (Å²) in [6.45, 7) is 2.32. The van der Waals surface area contributed by atoms with Gasteiger partial charge in [-0.15, -0.1) is 0 Å². The summed E-state index contributed by atoms with van der Waals surface area (Å²) >= 11 is 0. The van der Waals surface area contributed by atoms with E-state index in [1.165, 1.54) is 6.26 Å². The molecule has 106 valence electrons. The molecule has 0 spiro atoms. The highest BCUT2D eigenvalue weighted by Crippen LogP contribution is 2.32. The van der Waals surface area contributed by atoms with Crippen LogP contribution in [0.25, 0.3) is 0 Å². The molecule has 0 atom stereocenters. The third-order valence-corrected chi connectivity index (χ3v) is 3.76. The molecule has 2 rings (SSSR count). The maximum Gasteiger partial charge on any atom is 0.165 e.